The Hall–Kier alpha value is -9.88. The van der Waals surface area contributed by atoms with Gasteiger partial charge in [-0.15, -0.1) is 0 Å². The fraction of sp³-hybridized carbons (Fsp3) is 0.636. The predicted molar refractivity (Wildman–Crippen MR) is 533 cm³/mol. The minimum atomic E-state index is -1.58. The molecule has 786 valence electrons. The fourth-order valence-electron chi connectivity index (χ4n) is 12.1. The first-order valence-electron chi connectivity index (χ1n) is 45.9. The van der Waals surface area contributed by atoms with Crippen molar-refractivity contribution in [2.75, 3.05) is 172 Å². The van der Waals surface area contributed by atoms with E-state index in [0.29, 0.717) is 138 Å². The third kappa shape index (κ3) is 67.1. The van der Waals surface area contributed by atoms with E-state index < -0.39 is 61.3 Å². The summed E-state index contributed by atoms with van der Waals surface area (Å²) in [5, 5.41) is 67.2. The van der Waals surface area contributed by atoms with Gasteiger partial charge in [0, 0.05) is 93.0 Å². The van der Waals surface area contributed by atoms with Crippen molar-refractivity contribution < 1.29 is 130 Å². The molecule has 12 N–H and O–H groups in total. The number of nitrogens with zero attached hydrogens (tertiary/aromatic N) is 4. The maximum absolute atomic E-state index is 12.2. The summed E-state index contributed by atoms with van der Waals surface area (Å²) in [7, 11) is 1.63. The highest BCUT2D eigenvalue weighted by Gasteiger charge is 2.40. The van der Waals surface area contributed by atoms with Crippen LogP contribution in [0.4, 0.5) is 0 Å². The second-order valence-electron chi connectivity index (χ2n) is 33.2. The molecule has 0 bridgehead atoms. The van der Waals surface area contributed by atoms with Gasteiger partial charge in [-0.05, 0) is 195 Å². The largest absolute Gasteiger partial charge is 0.394 e. The van der Waals surface area contributed by atoms with Gasteiger partial charge >= 0.3 is 0 Å². The van der Waals surface area contributed by atoms with Gasteiger partial charge in [-0.25, -0.2) is 0 Å². The van der Waals surface area contributed by atoms with Crippen molar-refractivity contribution in [3.8, 4) is 0 Å². The minimum Gasteiger partial charge on any atom is -0.394 e. The molecule has 0 aliphatic heterocycles. The quantitative estimate of drug-likeness (QED) is 0.0281. The van der Waals surface area contributed by atoms with E-state index in [1.165, 1.54) is 65.7 Å². The van der Waals surface area contributed by atoms with Crippen LogP contribution in [0.5, 0.6) is 0 Å². The van der Waals surface area contributed by atoms with Gasteiger partial charge in [-0.2, -0.15) is 0 Å². The number of allylic oxidation sites excluding steroid dienone is 1. The summed E-state index contributed by atoms with van der Waals surface area (Å²) in [6, 6.07) is -0.882. The fourth-order valence-corrected chi connectivity index (χ4v) is 12.1. The van der Waals surface area contributed by atoms with Gasteiger partial charge in [0.15, 0.2) is 5.78 Å². The number of carbonyl (C=O) groups excluding carboxylic acids is 12. The first-order chi connectivity index (χ1) is 64.7. The molecule has 0 aliphatic carbocycles. The Balaban J connectivity index is -0.000000383. The van der Waals surface area contributed by atoms with Crippen LogP contribution in [0.15, 0.2) is 152 Å². The Kier molecular flexibility index (Phi) is 84.7. The average Bonchev–Trinajstić information content (AvgIpc) is 0.814. The molecule has 11 amide bonds. The molecule has 0 fully saturated rings. The summed E-state index contributed by atoms with van der Waals surface area (Å²) >= 11 is 0. The average molecular weight is 1950 g/mol. The third-order valence-electron chi connectivity index (χ3n) is 19.7. The zero-order chi connectivity index (χ0) is 106. The van der Waals surface area contributed by atoms with Crippen LogP contribution in [0.1, 0.15) is 143 Å². The van der Waals surface area contributed by atoms with Crippen molar-refractivity contribution in [1.29, 1.82) is 0 Å². The van der Waals surface area contributed by atoms with E-state index in [1.807, 2.05) is 111 Å². The van der Waals surface area contributed by atoms with Gasteiger partial charge in [0.05, 0.1) is 169 Å². The van der Waals surface area contributed by atoms with Crippen LogP contribution in [-0.4, -0.2) is 372 Å². The van der Waals surface area contributed by atoms with Gasteiger partial charge < -0.3 is 130 Å². The Bertz CT molecular complexity index is 3330. The van der Waals surface area contributed by atoms with Crippen molar-refractivity contribution in [3.63, 3.8) is 0 Å². The smallest absolute Gasteiger partial charge is 0.246 e. The van der Waals surface area contributed by atoms with Crippen LogP contribution >= 0.6 is 0 Å². The van der Waals surface area contributed by atoms with Crippen molar-refractivity contribution in [3.05, 3.63) is 152 Å². The molecule has 0 radical (unpaired) electrons. The lowest BCUT2D eigenvalue weighted by atomic mass is 9.88. The summed E-state index contributed by atoms with van der Waals surface area (Å²) in [4.78, 5) is 143. The van der Waals surface area contributed by atoms with Crippen LogP contribution in [-0.2, 0) is 105 Å². The lowest BCUT2D eigenvalue weighted by Crippen LogP contribution is -2.60. The van der Waals surface area contributed by atoms with E-state index in [9.17, 15) is 83.1 Å². The Morgan fingerprint density at radius 3 is 0.854 bits per heavy atom. The summed E-state index contributed by atoms with van der Waals surface area (Å²) in [5.74, 6) is -2.63. The summed E-state index contributed by atoms with van der Waals surface area (Å²) in [6.45, 7) is 78.0. The summed E-state index contributed by atoms with van der Waals surface area (Å²) in [6.07, 6.45) is 16.2. The number of hydrogen-bond acceptors (Lipinski definition) is 27. The monoisotopic (exact) mass is 1950 g/mol. The molecule has 38 nitrogen and oxygen atoms in total. The van der Waals surface area contributed by atoms with E-state index in [2.05, 4.69) is 116 Å². The molecule has 11 atom stereocenters. The normalized spacial score (nSPS) is 13.6. The van der Waals surface area contributed by atoms with E-state index >= 15 is 0 Å². The Morgan fingerprint density at radius 2 is 0.584 bits per heavy atom. The molecule has 0 aromatic rings. The van der Waals surface area contributed by atoms with Crippen molar-refractivity contribution in [1.82, 2.24) is 56.8 Å². The van der Waals surface area contributed by atoms with Crippen molar-refractivity contribution in [2.45, 2.75) is 227 Å². The van der Waals surface area contributed by atoms with Crippen LogP contribution < -0.4 is 37.2 Å². The van der Waals surface area contributed by atoms with Crippen LogP contribution in [0.2, 0.25) is 0 Å². The van der Waals surface area contributed by atoms with Crippen LogP contribution in [0, 0.1) is 11.3 Å². The lowest BCUT2D eigenvalue weighted by molar-refractivity contribution is -0.142. The van der Waals surface area contributed by atoms with Gasteiger partial charge in [0.2, 0.25) is 65.0 Å². The highest BCUT2D eigenvalue weighted by molar-refractivity contribution is 5.92. The number of ether oxygens (including phenoxy) is 10. The molecule has 38 heteroatoms. The predicted octanol–water partition coefficient (Wildman–Crippen LogP) is 5.01. The van der Waals surface area contributed by atoms with Crippen molar-refractivity contribution in [2.24, 2.45) is 11.3 Å². The van der Waals surface area contributed by atoms with Gasteiger partial charge in [0.25, 0.3) is 0 Å². The summed E-state index contributed by atoms with van der Waals surface area (Å²) < 4.78 is 55.3. The van der Waals surface area contributed by atoms with E-state index in [0.717, 1.165) is 17.1 Å². The second kappa shape index (κ2) is 84.2. The number of rotatable bonds is 73. The molecule has 0 aromatic carbocycles. The molecule has 137 heavy (non-hydrogen) atoms. The number of aliphatic hydroxyl groups excluding tert-OH is 5. The number of amides is 11. The number of aliphatic hydroxyl groups is 5. The standard InChI is InChI=1S/C24H41N3O6.C18H32N2O7.C18H32N2O3.C17H30N2O5.C12H20N2O3.C10H18O3/c1-8-21(28)25-18(5)12-31-15-24(11-4,16-32-13-19(6)26-22(29)9-2)17-33-14-20(7)27-23(30)10-3;1-4-15(26)19(17(6-3,10-21)11-22)8-7-9-20(16(27)5-2)18(12-23,13-24)14-25;1-9-17(21)19(13(3)4)15(7)11-23-12-16(8)20(14(5)6)18(22)10-2;1-6-16(20)18-13(3)10-22-8-9-23-12-15(5)24-11-14(4)19-17(21)7-2;1-5-11(15)13-9(3)7-17-8-10(4)14-12(16)6-2;1-4-10(11)7-9(2)8-13-6-5-12-3/h8-10,18-20H,1-3,11-17H2,4-7H3,(H,25,28)(H,26,29)(H,27,30);4-5,21-25H,1-2,6-14H2,3H3;9-10,13-16H,1-2,11-12H2,3-8H3;6-7,13-15H,1-2,8-12H2,3-5H3,(H,18,20)(H,19,21);5-6,9-10H,1-2,7-8H2,3-4H3,(H,13,15)(H,14,16);4,9H,1,5-8H2,2-3H3. The number of hydrogen-bond donors (Lipinski definition) is 12. The molecule has 0 aliphatic rings. The summed E-state index contributed by atoms with van der Waals surface area (Å²) in [5.41, 5.74) is -3.21. The zero-order valence-electron chi connectivity index (χ0n) is 85.4. The van der Waals surface area contributed by atoms with Crippen molar-refractivity contribution >= 4 is 70.8 Å². The van der Waals surface area contributed by atoms with E-state index in [-0.39, 0.29) is 157 Å². The Morgan fingerprint density at radius 1 is 0.314 bits per heavy atom. The molecule has 0 spiro atoms. The molecule has 11 unspecified atom stereocenters. The number of methoxy groups -OCH3 is 1. The molecule has 0 aromatic heterocycles. The number of carbonyl (C=O) groups is 12. The number of ketones is 1. The number of nitrogens with one attached hydrogen (secondary N) is 7. The lowest BCUT2D eigenvalue weighted by Gasteiger charge is -2.42. The van der Waals surface area contributed by atoms with Crippen LogP contribution in [0.3, 0.4) is 0 Å². The van der Waals surface area contributed by atoms with Gasteiger partial charge in [-0.3, -0.25) is 57.5 Å². The molecular weight excluding hydrogens is 1780 g/mol. The molecule has 0 rings (SSSR count). The zero-order valence-corrected chi connectivity index (χ0v) is 85.4. The maximum Gasteiger partial charge on any atom is 0.246 e. The highest BCUT2D eigenvalue weighted by Crippen LogP contribution is 2.26. The molecule has 0 saturated heterocycles. The molecule has 0 heterocycles. The minimum absolute atomic E-state index is 0.00981. The SMILES string of the molecule is C=CC(=O)CC(C)COCCOC.C=CC(=O)N(C(C)C)C(C)COCC(C)N(C(=O)C=C)C(C)C.C=CC(=O)N(CCCN(C(=O)C=C)C(CO)(CO)CO)C(CC)(CO)CO.C=CC(=O)NC(C)COCC(C)NC(=O)C=C.C=CC(=O)NC(C)COCC(CC)(COCC(C)NC(=O)C=C)COCC(C)NC(=O)C=C.C=CC(=O)NC(C)COCCOCC(C)OCC(C)NC(=O)C=C. The first-order valence-corrected chi connectivity index (χ1v) is 45.9. The topological polar surface area (TPSA) is 495 Å². The maximum atomic E-state index is 12.2. The molecular formula is C99H173N11O27. The molecule has 0 saturated carbocycles. The van der Waals surface area contributed by atoms with Crippen LogP contribution in [0.25, 0.3) is 0 Å². The second-order valence-corrected chi connectivity index (χ2v) is 33.2. The van der Waals surface area contributed by atoms with Gasteiger partial charge in [0.1, 0.15) is 5.54 Å². The first kappa shape index (κ1) is 138. The van der Waals surface area contributed by atoms with E-state index in [4.69, 9.17) is 47.4 Å². The van der Waals surface area contributed by atoms with E-state index in [1.54, 1.807) is 23.8 Å². The third-order valence-corrected chi connectivity index (χ3v) is 19.7. The highest BCUT2D eigenvalue weighted by atomic mass is 16.6. The van der Waals surface area contributed by atoms with Gasteiger partial charge in [-0.1, -0.05) is 99.7 Å². The Labute approximate surface area is 816 Å².